The minimum atomic E-state index is 0.299. The van der Waals surface area contributed by atoms with E-state index < -0.39 is 0 Å². The van der Waals surface area contributed by atoms with Gasteiger partial charge in [-0.3, -0.25) is 15.7 Å². The molecule has 0 bridgehead atoms. The number of para-hydroxylation sites is 1. The zero-order chi connectivity index (χ0) is 21.3. The van der Waals surface area contributed by atoms with Gasteiger partial charge in [-0.25, -0.2) is 4.98 Å². The number of nitrogens with zero attached hydrogens (tertiary/aromatic N) is 2. The maximum absolute atomic E-state index is 9.54. The quantitative estimate of drug-likeness (QED) is 0.325. The predicted octanol–water partition coefficient (Wildman–Crippen LogP) is 4.52. The van der Waals surface area contributed by atoms with E-state index in [-0.39, 0.29) is 0 Å². The average molecular weight is 407 g/mol. The predicted molar refractivity (Wildman–Crippen MR) is 115 cm³/mol. The van der Waals surface area contributed by atoms with Gasteiger partial charge in [0.15, 0.2) is 17.3 Å². The number of aromatic nitrogens is 1. The van der Waals surface area contributed by atoms with Crippen LogP contribution in [0.2, 0.25) is 0 Å². The third-order valence-electron chi connectivity index (χ3n) is 4.33. The molecule has 7 nitrogen and oxygen atoms in total. The Kier molecular flexibility index (Phi) is 7.24. The molecule has 7 heteroatoms. The van der Waals surface area contributed by atoms with Crippen molar-refractivity contribution in [1.29, 1.82) is 0 Å². The monoisotopic (exact) mass is 407 g/mol. The zero-order valence-electron chi connectivity index (χ0n) is 17.3. The first kappa shape index (κ1) is 21.1. The third kappa shape index (κ3) is 5.27. The largest absolute Gasteiger partial charge is 0.494 e. The summed E-state index contributed by atoms with van der Waals surface area (Å²) in [6.45, 7) is 4.83. The van der Waals surface area contributed by atoms with Crippen molar-refractivity contribution < 1.29 is 19.4 Å². The van der Waals surface area contributed by atoms with Gasteiger partial charge in [0.2, 0.25) is 5.88 Å². The number of benzene rings is 2. The highest BCUT2D eigenvalue weighted by Gasteiger charge is 2.09. The van der Waals surface area contributed by atoms with Crippen LogP contribution in [0.5, 0.6) is 23.1 Å². The second-order valence-electron chi connectivity index (χ2n) is 6.46. The van der Waals surface area contributed by atoms with E-state index in [1.54, 1.807) is 25.4 Å². The van der Waals surface area contributed by atoms with E-state index in [2.05, 4.69) is 15.5 Å². The summed E-state index contributed by atoms with van der Waals surface area (Å²) in [5.41, 5.74) is 4.76. The normalized spacial score (nSPS) is 11.1. The maximum atomic E-state index is 9.54. The summed E-state index contributed by atoms with van der Waals surface area (Å²) in [7, 11) is 1.59. The first-order valence-electron chi connectivity index (χ1n) is 9.58. The van der Waals surface area contributed by atoms with Crippen molar-refractivity contribution in [3.8, 4) is 23.1 Å². The fraction of sp³-hybridized carbons (Fsp3) is 0.217. The van der Waals surface area contributed by atoms with Crippen LogP contribution in [0.15, 0.2) is 65.8 Å². The Balaban J connectivity index is 1.75. The van der Waals surface area contributed by atoms with Gasteiger partial charge in [0.05, 0.1) is 20.3 Å². The first-order chi connectivity index (χ1) is 14.6. The summed E-state index contributed by atoms with van der Waals surface area (Å²) in [6, 6.07) is 16.8. The summed E-state index contributed by atoms with van der Waals surface area (Å²) >= 11 is 0. The van der Waals surface area contributed by atoms with Gasteiger partial charge in [0, 0.05) is 23.4 Å². The Morgan fingerprint density at radius 3 is 2.60 bits per heavy atom. The smallest absolute Gasteiger partial charge is 0.219 e. The van der Waals surface area contributed by atoms with Crippen molar-refractivity contribution in [2.24, 2.45) is 4.99 Å². The molecule has 30 heavy (non-hydrogen) atoms. The molecule has 0 aliphatic heterocycles. The number of ether oxygens (including phenoxy) is 3. The Bertz CT molecular complexity index is 1000. The molecule has 0 aliphatic carbocycles. The van der Waals surface area contributed by atoms with E-state index in [1.807, 2.05) is 56.3 Å². The van der Waals surface area contributed by atoms with Crippen LogP contribution in [0.25, 0.3) is 0 Å². The molecule has 0 radical (unpaired) electrons. The molecule has 0 aliphatic rings. The van der Waals surface area contributed by atoms with E-state index in [1.165, 1.54) is 0 Å². The van der Waals surface area contributed by atoms with Crippen molar-refractivity contribution in [2.45, 2.75) is 20.4 Å². The lowest BCUT2D eigenvalue weighted by Gasteiger charge is -2.11. The lowest BCUT2D eigenvalue weighted by Crippen LogP contribution is -2.20. The van der Waals surface area contributed by atoms with Crippen LogP contribution in [-0.2, 0) is 6.54 Å². The summed E-state index contributed by atoms with van der Waals surface area (Å²) in [4.78, 5) is 8.76. The molecule has 0 saturated carbocycles. The van der Waals surface area contributed by atoms with Crippen LogP contribution >= 0.6 is 0 Å². The molecule has 156 valence electrons. The summed E-state index contributed by atoms with van der Waals surface area (Å²) < 4.78 is 16.8. The van der Waals surface area contributed by atoms with Gasteiger partial charge in [0.1, 0.15) is 5.75 Å². The summed E-state index contributed by atoms with van der Waals surface area (Å²) in [5.74, 6) is 2.68. The van der Waals surface area contributed by atoms with Crippen molar-refractivity contribution in [2.75, 3.05) is 13.7 Å². The number of methoxy groups -OCH3 is 1. The van der Waals surface area contributed by atoms with Gasteiger partial charge in [-0.2, -0.15) is 0 Å². The van der Waals surface area contributed by atoms with Gasteiger partial charge in [-0.15, -0.1) is 0 Å². The number of aryl methyl sites for hydroxylation is 1. The minimum absolute atomic E-state index is 0.299. The van der Waals surface area contributed by atoms with Crippen molar-refractivity contribution in [3.63, 3.8) is 0 Å². The number of hydrogen-bond donors (Lipinski definition) is 2. The fourth-order valence-electron chi connectivity index (χ4n) is 2.84. The minimum Gasteiger partial charge on any atom is -0.494 e. The number of rotatable bonds is 8. The molecule has 0 spiro atoms. The van der Waals surface area contributed by atoms with Crippen LogP contribution < -0.4 is 19.7 Å². The van der Waals surface area contributed by atoms with Crippen LogP contribution in [0.1, 0.15) is 23.6 Å². The molecule has 0 atom stereocenters. The van der Waals surface area contributed by atoms with Gasteiger partial charge < -0.3 is 14.2 Å². The SMILES string of the molecule is CCOc1ccccc1CN=C(NO)c1ccc(Oc2ccc(C)cc2OC)nc1. The molecule has 0 unspecified atom stereocenters. The van der Waals surface area contributed by atoms with Crippen LogP contribution in [0.3, 0.4) is 0 Å². The second kappa shape index (κ2) is 10.3. The maximum Gasteiger partial charge on any atom is 0.219 e. The van der Waals surface area contributed by atoms with Crippen molar-refractivity contribution >= 4 is 5.84 Å². The molecule has 1 aromatic heterocycles. The van der Waals surface area contributed by atoms with E-state index in [4.69, 9.17) is 14.2 Å². The van der Waals surface area contributed by atoms with Crippen molar-refractivity contribution in [1.82, 2.24) is 10.5 Å². The van der Waals surface area contributed by atoms with Crippen LogP contribution in [0, 0.1) is 6.92 Å². The lowest BCUT2D eigenvalue weighted by molar-refractivity contribution is 0.234. The van der Waals surface area contributed by atoms with E-state index in [0.717, 1.165) is 16.9 Å². The third-order valence-corrected chi connectivity index (χ3v) is 4.33. The molecule has 3 aromatic rings. The number of hydrogen-bond acceptors (Lipinski definition) is 6. The van der Waals surface area contributed by atoms with Crippen LogP contribution in [0.4, 0.5) is 0 Å². The molecular formula is C23H25N3O4. The topological polar surface area (TPSA) is 85.2 Å². The Morgan fingerprint density at radius 2 is 1.90 bits per heavy atom. The second-order valence-corrected chi connectivity index (χ2v) is 6.46. The number of hydroxylamine groups is 1. The highest BCUT2D eigenvalue weighted by atomic mass is 16.5. The zero-order valence-corrected chi connectivity index (χ0v) is 17.3. The summed E-state index contributed by atoms with van der Waals surface area (Å²) in [5, 5.41) is 9.54. The molecule has 0 saturated heterocycles. The van der Waals surface area contributed by atoms with Gasteiger partial charge >= 0.3 is 0 Å². The lowest BCUT2D eigenvalue weighted by atomic mass is 10.2. The van der Waals surface area contributed by atoms with Gasteiger partial charge in [-0.1, -0.05) is 24.3 Å². The fourth-order valence-corrected chi connectivity index (χ4v) is 2.84. The van der Waals surface area contributed by atoms with E-state index in [9.17, 15) is 5.21 Å². The highest BCUT2D eigenvalue weighted by molar-refractivity contribution is 5.97. The molecule has 3 rings (SSSR count). The molecular weight excluding hydrogens is 382 g/mol. The Morgan fingerprint density at radius 1 is 1.07 bits per heavy atom. The Labute approximate surface area is 175 Å². The molecule has 2 aromatic carbocycles. The molecule has 1 heterocycles. The van der Waals surface area contributed by atoms with E-state index in [0.29, 0.717) is 41.9 Å². The van der Waals surface area contributed by atoms with Gasteiger partial charge in [0.25, 0.3) is 0 Å². The first-order valence-corrected chi connectivity index (χ1v) is 9.58. The average Bonchev–Trinajstić information content (AvgIpc) is 2.77. The van der Waals surface area contributed by atoms with Crippen LogP contribution in [-0.4, -0.2) is 29.7 Å². The summed E-state index contributed by atoms with van der Waals surface area (Å²) in [6.07, 6.45) is 1.58. The number of nitrogens with one attached hydrogen (secondary N) is 1. The number of amidine groups is 1. The molecule has 2 N–H and O–H groups in total. The number of aliphatic imine (C=N–C) groups is 1. The molecule has 0 fully saturated rings. The Hall–Kier alpha value is -3.58. The molecule has 0 amide bonds. The number of pyridine rings is 1. The standard InChI is InChI=1S/C23H25N3O4/c1-4-29-19-8-6-5-7-17(19)14-25-23(26-27)18-10-12-22(24-15-18)30-20-11-9-16(2)13-21(20)28-3/h5-13,15,27H,4,14H2,1-3H3,(H,25,26). The van der Waals surface area contributed by atoms with E-state index >= 15 is 0 Å². The van der Waals surface area contributed by atoms with Gasteiger partial charge in [-0.05, 0) is 43.7 Å². The highest BCUT2D eigenvalue weighted by Crippen LogP contribution is 2.31. The van der Waals surface area contributed by atoms with Crippen molar-refractivity contribution in [3.05, 3.63) is 77.5 Å².